The van der Waals surface area contributed by atoms with Gasteiger partial charge < -0.3 is 10.4 Å². The summed E-state index contributed by atoms with van der Waals surface area (Å²) in [5.74, 6) is 1.28. The summed E-state index contributed by atoms with van der Waals surface area (Å²) in [6.45, 7) is 0. The maximum atomic E-state index is 9.86. The van der Waals surface area contributed by atoms with Gasteiger partial charge in [0, 0.05) is 17.0 Å². The van der Waals surface area contributed by atoms with Crippen molar-refractivity contribution in [2.24, 2.45) is 5.92 Å². The van der Waals surface area contributed by atoms with Gasteiger partial charge in [-0.1, -0.05) is 18.9 Å². The molecular weight excluding hydrogens is 222 g/mol. The first kappa shape index (κ1) is 9.85. The van der Waals surface area contributed by atoms with Crippen LogP contribution in [0.25, 0.3) is 0 Å². The second-order valence-corrected chi connectivity index (χ2v) is 6.98. The Morgan fingerprint density at radius 2 is 2.22 bits per heavy atom. The van der Waals surface area contributed by atoms with Crippen LogP contribution >= 0.6 is 0 Å². The van der Waals surface area contributed by atoms with Gasteiger partial charge in [-0.05, 0) is 54.9 Å². The quantitative estimate of drug-likeness (QED) is 0.685. The fourth-order valence-electron chi connectivity index (χ4n) is 5.62. The zero-order valence-electron chi connectivity index (χ0n) is 10.6. The number of hydrogen-bond acceptors (Lipinski definition) is 2. The number of aromatic hydroxyl groups is 1. The molecule has 4 aliphatic rings. The van der Waals surface area contributed by atoms with Crippen LogP contribution in [0.2, 0.25) is 0 Å². The molecular formula is C16H19NO. The number of phenolic OH excluding ortho intramolecular Hbond substituents is 1. The third-order valence-corrected chi connectivity index (χ3v) is 6.22. The number of piperidine rings is 1. The van der Waals surface area contributed by atoms with Crippen LogP contribution in [-0.2, 0) is 11.8 Å². The van der Waals surface area contributed by atoms with Gasteiger partial charge in [-0.3, -0.25) is 0 Å². The smallest absolute Gasteiger partial charge is 0.115 e. The summed E-state index contributed by atoms with van der Waals surface area (Å²) in [7, 11) is 0. The highest BCUT2D eigenvalue weighted by Gasteiger charge is 2.72. The van der Waals surface area contributed by atoms with E-state index in [9.17, 15) is 5.11 Å². The molecule has 3 aliphatic carbocycles. The molecule has 1 aromatic carbocycles. The number of rotatable bonds is 0. The lowest BCUT2D eigenvalue weighted by Gasteiger charge is -2.45. The van der Waals surface area contributed by atoms with Crippen molar-refractivity contribution < 1.29 is 5.11 Å². The topological polar surface area (TPSA) is 42.2 Å². The Labute approximate surface area is 107 Å². The Bertz CT molecular complexity index is 554. The van der Waals surface area contributed by atoms with Crippen LogP contribution in [0.4, 0.5) is 0 Å². The first-order valence-electron chi connectivity index (χ1n) is 7.34. The standard InChI is InChI=1S/C16H19NO/c18-11-5-4-10-8-16-9-15(13(10)7-11)6-2-1-3-12(15)14(16)17-16/h4-5,7,12,14,17-18H,1-3,6,8-9H2/t12-,14-,15+,16?/m1/s1. The monoisotopic (exact) mass is 241 g/mol. The van der Waals surface area contributed by atoms with Crippen molar-refractivity contribution in [1.82, 2.24) is 5.32 Å². The van der Waals surface area contributed by atoms with Gasteiger partial charge in [-0.2, -0.15) is 0 Å². The fourth-order valence-corrected chi connectivity index (χ4v) is 5.62. The van der Waals surface area contributed by atoms with Crippen molar-refractivity contribution in [3.63, 3.8) is 0 Å². The minimum Gasteiger partial charge on any atom is -0.508 e. The Kier molecular flexibility index (Phi) is 1.52. The largest absolute Gasteiger partial charge is 0.508 e. The Morgan fingerprint density at radius 3 is 3.17 bits per heavy atom. The summed E-state index contributed by atoms with van der Waals surface area (Å²) in [5.41, 5.74) is 3.84. The number of hydrogen-bond donors (Lipinski definition) is 2. The lowest BCUT2D eigenvalue weighted by atomic mass is 9.60. The van der Waals surface area contributed by atoms with E-state index in [0.29, 0.717) is 16.7 Å². The summed E-state index contributed by atoms with van der Waals surface area (Å²) < 4.78 is 0. The Hall–Kier alpha value is -1.02. The molecule has 2 nitrogen and oxygen atoms in total. The molecule has 0 radical (unpaired) electrons. The van der Waals surface area contributed by atoms with Gasteiger partial charge in [-0.15, -0.1) is 0 Å². The summed E-state index contributed by atoms with van der Waals surface area (Å²) in [6.07, 6.45) is 8.00. The summed E-state index contributed by atoms with van der Waals surface area (Å²) in [6, 6.07) is 6.88. The van der Waals surface area contributed by atoms with Crippen LogP contribution in [0.15, 0.2) is 18.2 Å². The molecule has 2 spiro atoms. The van der Waals surface area contributed by atoms with Crippen molar-refractivity contribution in [3.05, 3.63) is 29.3 Å². The zero-order chi connectivity index (χ0) is 12.0. The van der Waals surface area contributed by atoms with Crippen molar-refractivity contribution in [2.75, 3.05) is 0 Å². The number of phenols is 1. The lowest BCUT2D eigenvalue weighted by molar-refractivity contribution is 0.186. The molecule has 18 heavy (non-hydrogen) atoms. The molecule has 1 aliphatic heterocycles. The Balaban J connectivity index is 1.77. The second kappa shape index (κ2) is 2.77. The molecule has 3 fully saturated rings. The van der Waals surface area contributed by atoms with Crippen LogP contribution in [0, 0.1) is 5.92 Å². The molecule has 0 amide bonds. The molecule has 5 rings (SSSR count). The third kappa shape index (κ3) is 0.934. The van der Waals surface area contributed by atoms with E-state index in [0.717, 1.165) is 12.0 Å². The van der Waals surface area contributed by atoms with E-state index in [1.165, 1.54) is 49.7 Å². The predicted octanol–water partition coefficient (Wildman–Crippen LogP) is 2.49. The molecule has 1 aromatic rings. The van der Waals surface area contributed by atoms with E-state index in [-0.39, 0.29) is 0 Å². The van der Waals surface area contributed by atoms with Crippen molar-refractivity contribution in [2.45, 2.75) is 55.5 Å². The highest BCUT2D eigenvalue weighted by atomic mass is 16.3. The zero-order valence-corrected chi connectivity index (χ0v) is 10.6. The molecule has 2 N–H and O–H groups in total. The molecule has 2 saturated carbocycles. The van der Waals surface area contributed by atoms with Crippen LogP contribution in [-0.4, -0.2) is 16.7 Å². The van der Waals surface area contributed by atoms with Crippen molar-refractivity contribution in [1.29, 1.82) is 0 Å². The van der Waals surface area contributed by atoms with Crippen LogP contribution in [0.1, 0.15) is 43.2 Å². The van der Waals surface area contributed by atoms with Gasteiger partial charge in [0.15, 0.2) is 0 Å². The van der Waals surface area contributed by atoms with E-state index in [1.54, 1.807) is 0 Å². The SMILES string of the molecule is Oc1ccc2c(c1)[C@]13CCCC[C@@H]1[C@H]1NC1(C2)C3. The molecule has 2 bridgehead atoms. The average Bonchev–Trinajstić information content (AvgIpc) is 2.98. The van der Waals surface area contributed by atoms with Crippen molar-refractivity contribution in [3.8, 4) is 5.75 Å². The molecule has 4 atom stereocenters. The maximum Gasteiger partial charge on any atom is 0.115 e. The van der Waals surface area contributed by atoms with Gasteiger partial charge >= 0.3 is 0 Å². The van der Waals surface area contributed by atoms with E-state index in [2.05, 4.69) is 17.4 Å². The normalized spacial score (nSPS) is 47.1. The number of benzene rings is 1. The maximum absolute atomic E-state index is 9.86. The summed E-state index contributed by atoms with van der Waals surface area (Å²) >= 11 is 0. The van der Waals surface area contributed by atoms with E-state index >= 15 is 0 Å². The van der Waals surface area contributed by atoms with Gasteiger partial charge in [0.05, 0.1) is 0 Å². The van der Waals surface area contributed by atoms with Gasteiger partial charge in [0.25, 0.3) is 0 Å². The summed E-state index contributed by atoms with van der Waals surface area (Å²) in [5, 5.41) is 13.7. The molecule has 1 heterocycles. The minimum absolute atomic E-state index is 0.403. The van der Waals surface area contributed by atoms with Crippen LogP contribution in [0.3, 0.4) is 0 Å². The van der Waals surface area contributed by atoms with E-state index in [4.69, 9.17) is 0 Å². The molecule has 1 saturated heterocycles. The molecule has 2 heteroatoms. The summed E-state index contributed by atoms with van der Waals surface area (Å²) in [4.78, 5) is 0. The highest BCUT2D eigenvalue weighted by Crippen LogP contribution is 2.67. The molecule has 0 aromatic heterocycles. The first-order valence-corrected chi connectivity index (χ1v) is 7.34. The number of fused-ring (bicyclic) bond motifs is 2. The third-order valence-electron chi connectivity index (χ3n) is 6.22. The Morgan fingerprint density at radius 1 is 1.28 bits per heavy atom. The average molecular weight is 241 g/mol. The van der Waals surface area contributed by atoms with Crippen LogP contribution in [0.5, 0.6) is 5.75 Å². The first-order chi connectivity index (χ1) is 8.74. The fraction of sp³-hybridized carbons (Fsp3) is 0.625. The lowest BCUT2D eigenvalue weighted by Crippen LogP contribution is -2.43. The van der Waals surface area contributed by atoms with Crippen molar-refractivity contribution >= 4 is 0 Å². The molecule has 94 valence electrons. The number of nitrogens with one attached hydrogen (secondary N) is 1. The van der Waals surface area contributed by atoms with E-state index < -0.39 is 0 Å². The van der Waals surface area contributed by atoms with Gasteiger partial charge in [0.2, 0.25) is 0 Å². The minimum atomic E-state index is 0.403. The second-order valence-electron chi connectivity index (χ2n) is 6.98. The van der Waals surface area contributed by atoms with Gasteiger partial charge in [-0.25, -0.2) is 0 Å². The highest BCUT2D eigenvalue weighted by molar-refractivity contribution is 5.52. The molecule has 1 unspecified atom stereocenters. The van der Waals surface area contributed by atoms with Gasteiger partial charge in [0.1, 0.15) is 5.75 Å². The predicted molar refractivity (Wildman–Crippen MR) is 69.7 cm³/mol. The van der Waals surface area contributed by atoms with E-state index in [1.807, 2.05) is 6.07 Å². The van der Waals surface area contributed by atoms with Crippen LogP contribution < -0.4 is 5.32 Å².